The second kappa shape index (κ2) is 5.55. The molecule has 6 heteroatoms. The fourth-order valence-corrected chi connectivity index (χ4v) is 1.86. The van der Waals surface area contributed by atoms with Crippen LogP contribution in [0.4, 0.5) is 17.6 Å². The van der Waals surface area contributed by atoms with E-state index in [1.807, 2.05) is 0 Å². The average Bonchev–Trinajstić information content (AvgIpc) is 2.37. The minimum atomic E-state index is -4.65. The first-order valence-corrected chi connectivity index (χ1v) is 5.95. The van der Waals surface area contributed by atoms with E-state index < -0.39 is 28.9 Å². The summed E-state index contributed by atoms with van der Waals surface area (Å²) in [7, 11) is 0. The number of phenols is 1. The van der Waals surface area contributed by atoms with Gasteiger partial charge in [0.05, 0.1) is 11.1 Å². The molecule has 0 aliphatic carbocycles. The van der Waals surface area contributed by atoms with Crippen molar-refractivity contribution in [1.29, 1.82) is 0 Å². The molecule has 2 nitrogen and oxygen atoms in total. The van der Waals surface area contributed by atoms with Crippen molar-refractivity contribution in [3.63, 3.8) is 0 Å². The summed E-state index contributed by atoms with van der Waals surface area (Å²) in [6.07, 6.45) is -4.94. The highest BCUT2D eigenvalue weighted by molar-refractivity contribution is 5.98. The molecule has 0 aromatic heterocycles. The zero-order valence-electron chi connectivity index (χ0n) is 10.6. The Morgan fingerprint density at radius 2 is 1.81 bits per heavy atom. The normalized spacial score (nSPS) is 11.4. The van der Waals surface area contributed by atoms with Gasteiger partial charge in [0, 0.05) is 6.42 Å². The molecule has 0 aliphatic heterocycles. The highest BCUT2D eigenvalue weighted by Gasteiger charge is 2.31. The van der Waals surface area contributed by atoms with E-state index in [1.54, 1.807) is 0 Å². The molecule has 0 fully saturated rings. The Bertz CT molecular complexity index is 678. The van der Waals surface area contributed by atoms with Crippen LogP contribution in [0.2, 0.25) is 0 Å². The summed E-state index contributed by atoms with van der Waals surface area (Å²) in [5.74, 6) is -1.87. The first kappa shape index (κ1) is 15.0. The number of rotatable bonds is 3. The van der Waals surface area contributed by atoms with Gasteiger partial charge in [0.15, 0.2) is 5.78 Å². The molecule has 0 unspecified atom stereocenters. The van der Waals surface area contributed by atoms with E-state index in [-0.39, 0.29) is 12.2 Å². The topological polar surface area (TPSA) is 37.3 Å². The molecule has 0 saturated heterocycles. The van der Waals surface area contributed by atoms with Crippen LogP contribution in [0.3, 0.4) is 0 Å². The van der Waals surface area contributed by atoms with Gasteiger partial charge in [-0.15, -0.1) is 0 Å². The number of aromatic hydroxyl groups is 1. The summed E-state index contributed by atoms with van der Waals surface area (Å²) in [6, 6.07) is 7.39. The van der Waals surface area contributed by atoms with Gasteiger partial charge in [0.25, 0.3) is 0 Å². The van der Waals surface area contributed by atoms with E-state index >= 15 is 0 Å². The van der Waals surface area contributed by atoms with Crippen LogP contribution in [0.1, 0.15) is 21.5 Å². The van der Waals surface area contributed by atoms with Gasteiger partial charge in [-0.2, -0.15) is 13.2 Å². The molecule has 0 aliphatic rings. The minimum Gasteiger partial charge on any atom is -0.508 e. The van der Waals surface area contributed by atoms with Gasteiger partial charge in [-0.25, -0.2) is 4.39 Å². The lowest BCUT2D eigenvalue weighted by molar-refractivity contribution is -0.137. The fourth-order valence-electron chi connectivity index (χ4n) is 1.86. The molecule has 2 aromatic rings. The summed E-state index contributed by atoms with van der Waals surface area (Å²) in [6.45, 7) is 0. The smallest absolute Gasteiger partial charge is 0.416 e. The predicted octanol–water partition coefficient (Wildman–Crippen LogP) is 3.98. The first-order valence-electron chi connectivity index (χ1n) is 5.95. The Morgan fingerprint density at radius 1 is 1.10 bits per heavy atom. The molecular weight excluding hydrogens is 288 g/mol. The average molecular weight is 298 g/mol. The molecule has 2 rings (SSSR count). The van der Waals surface area contributed by atoms with Crippen molar-refractivity contribution in [2.75, 3.05) is 0 Å². The van der Waals surface area contributed by atoms with Crippen molar-refractivity contribution < 1.29 is 27.5 Å². The van der Waals surface area contributed by atoms with Crippen molar-refractivity contribution in [2.24, 2.45) is 0 Å². The van der Waals surface area contributed by atoms with Gasteiger partial charge in [-0.1, -0.05) is 12.1 Å². The van der Waals surface area contributed by atoms with Gasteiger partial charge in [0.1, 0.15) is 11.6 Å². The van der Waals surface area contributed by atoms with Crippen molar-refractivity contribution in [2.45, 2.75) is 12.6 Å². The summed E-state index contributed by atoms with van der Waals surface area (Å²) < 4.78 is 51.3. The van der Waals surface area contributed by atoms with Crippen LogP contribution in [0.25, 0.3) is 0 Å². The molecule has 0 amide bonds. The molecule has 0 heterocycles. The van der Waals surface area contributed by atoms with E-state index in [4.69, 9.17) is 0 Å². The molecule has 2 aromatic carbocycles. The quantitative estimate of drug-likeness (QED) is 0.687. The third kappa shape index (κ3) is 3.59. The maximum atomic E-state index is 13.6. The fraction of sp³-hybridized carbons (Fsp3) is 0.133. The number of ketones is 1. The van der Waals surface area contributed by atoms with Crippen LogP contribution in [0, 0.1) is 5.82 Å². The molecule has 1 N–H and O–H groups in total. The third-order valence-corrected chi connectivity index (χ3v) is 2.87. The highest BCUT2D eigenvalue weighted by Crippen LogP contribution is 2.30. The van der Waals surface area contributed by atoms with E-state index in [1.165, 1.54) is 24.3 Å². The molecule has 0 spiro atoms. The number of alkyl halides is 3. The van der Waals surface area contributed by atoms with Gasteiger partial charge in [-0.3, -0.25) is 4.79 Å². The maximum absolute atomic E-state index is 13.6. The Kier molecular flexibility index (Phi) is 3.97. The third-order valence-electron chi connectivity index (χ3n) is 2.87. The number of phenolic OH excluding ortho intramolecular Hbond substituents is 1. The van der Waals surface area contributed by atoms with Crippen LogP contribution in [-0.2, 0) is 12.6 Å². The van der Waals surface area contributed by atoms with Gasteiger partial charge < -0.3 is 5.11 Å². The molecule has 110 valence electrons. The monoisotopic (exact) mass is 298 g/mol. The summed E-state index contributed by atoms with van der Waals surface area (Å²) in [4.78, 5) is 11.9. The summed E-state index contributed by atoms with van der Waals surface area (Å²) in [5.41, 5.74) is -1.31. The van der Waals surface area contributed by atoms with Crippen LogP contribution in [0.15, 0.2) is 42.5 Å². The largest absolute Gasteiger partial charge is 0.508 e. The number of benzene rings is 2. The second-order valence-electron chi connectivity index (χ2n) is 4.46. The van der Waals surface area contributed by atoms with Crippen LogP contribution >= 0.6 is 0 Å². The molecule has 0 radical (unpaired) electrons. The second-order valence-corrected chi connectivity index (χ2v) is 4.46. The van der Waals surface area contributed by atoms with E-state index in [9.17, 15) is 27.5 Å². The predicted molar refractivity (Wildman–Crippen MR) is 67.5 cm³/mol. The number of Topliss-reactive ketones (excluding diaryl/α,β-unsaturated/α-hetero) is 1. The highest BCUT2D eigenvalue weighted by atomic mass is 19.4. The van der Waals surface area contributed by atoms with Crippen LogP contribution in [0.5, 0.6) is 5.75 Å². The number of halogens is 4. The molecule has 0 saturated carbocycles. The zero-order chi connectivity index (χ0) is 15.6. The van der Waals surface area contributed by atoms with Crippen LogP contribution < -0.4 is 0 Å². The zero-order valence-corrected chi connectivity index (χ0v) is 10.6. The minimum absolute atomic E-state index is 0.0789. The number of carbonyl (C=O) groups excluding carboxylic acids is 1. The van der Waals surface area contributed by atoms with Gasteiger partial charge in [-0.05, 0) is 35.9 Å². The van der Waals surface area contributed by atoms with Crippen molar-refractivity contribution in [1.82, 2.24) is 0 Å². The Hall–Kier alpha value is -2.37. The Morgan fingerprint density at radius 3 is 2.43 bits per heavy atom. The van der Waals surface area contributed by atoms with E-state index in [0.717, 1.165) is 0 Å². The number of hydrogen-bond donors (Lipinski definition) is 1. The Labute approximate surface area is 117 Å². The van der Waals surface area contributed by atoms with Crippen molar-refractivity contribution in [3.05, 3.63) is 65.0 Å². The maximum Gasteiger partial charge on any atom is 0.416 e. The van der Waals surface area contributed by atoms with Crippen molar-refractivity contribution in [3.8, 4) is 5.75 Å². The van der Waals surface area contributed by atoms with Crippen molar-refractivity contribution >= 4 is 5.78 Å². The Balaban J connectivity index is 2.31. The summed E-state index contributed by atoms with van der Waals surface area (Å²) in [5, 5.41) is 9.27. The van der Waals surface area contributed by atoms with Gasteiger partial charge in [0.2, 0.25) is 0 Å². The standard InChI is InChI=1S/C15H10F4O2/c16-13-5-4-10(15(17,18)19)8-12(13)14(21)7-9-2-1-3-11(20)6-9/h1-6,8,20H,7H2. The SMILES string of the molecule is O=C(Cc1cccc(O)c1)c1cc(C(F)(F)F)ccc1F. The lowest BCUT2D eigenvalue weighted by Gasteiger charge is -2.09. The lowest BCUT2D eigenvalue weighted by atomic mass is 10.0. The number of carbonyl (C=O) groups is 1. The lowest BCUT2D eigenvalue weighted by Crippen LogP contribution is -2.11. The van der Waals surface area contributed by atoms with Gasteiger partial charge >= 0.3 is 6.18 Å². The molecule has 21 heavy (non-hydrogen) atoms. The first-order chi connectivity index (χ1) is 9.77. The van der Waals surface area contributed by atoms with E-state index in [2.05, 4.69) is 0 Å². The molecular formula is C15H10F4O2. The summed E-state index contributed by atoms with van der Waals surface area (Å²) >= 11 is 0. The number of hydrogen-bond acceptors (Lipinski definition) is 2. The molecule has 0 atom stereocenters. The van der Waals surface area contributed by atoms with E-state index in [0.29, 0.717) is 23.8 Å². The van der Waals surface area contributed by atoms with Crippen LogP contribution in [-0.4, -0.2) is 10.9 Å². The molecule has 0 bridgehead atoms.